The molecule has 0 aliphatic heterocycles. The Hall–Kier alpha value is -1.49. The van der Waals surface area contributed by atoms with Crippen LogP contribution in [0.1, 0.15) is 17.0 Å². The second-order valence-corrected chi connectivity index (χ2v) is 6.22. The van der Waals surface area contributed by atoms with Crippen LogP contribution in [0.25, 0.3) is 0 Å². The quantitative estimate of drug-likeness (QED) is 0.822. The summed E-state index contributed by atoms with van der Waals surface area (Å²) in [6.45, 7) is 5.15. The second-order valence-electron chi connectivity index (χ2n) is 5.06. The molecule has 7 heteroatoms. The van der Waals surface area contributed by atoms with Crippen molar-refractivity contribution >= 4 is 46.4 Å². The van der Waals surface area contributed by atoms with Crippen LogP contribution in [0.5, 0.6) is 5.75 Å². The topological polar surface area (TPSA) is 51.2 Å². The number of nitrogens with zero attached hydrogens (tertiary/aromatic N) is 1. The van der Waals surface area contributed by atoms with Gasteiger partial charge in [-0.2, -0.15) is 0 Å². The van der Waals surface area contributed by atoms with Crippen LogP contribution >= 0.6 is 34.8 Å². The van der Waals surface area contributed by atoms with Crippen molar-refractivity contribution in [2.75, 3.05) is 11.9 Å². The Bertz CT molecular complexity index is 737. The van der Waals surface area contributed by atoms with Gasteiger partial charge in [0.2, 0.25) is 0 Å². The summed E-state index contributed by atoms with van der Waals surface area (Å²) in [4.78, 5) is 16.2. The number of nitrogens with one attached hydrogen (secondary N) is 1. The van der Waals surface area contributed by atoms with Crippen molar-refractivity contribution in [3.8, 4) is 5.75 Å². The van der Waals surface area contributed by atoms with Gasteiger partial charge in [-0.1, -0.05) is 40.9 Å². The molecule has 0 aliphatic rings. The Morgan fingerprint density at radius 2 is 1.74 bits per heavy atom. The Morgan fingerprint density at radius 1 is 1.13 bits per heavy atom. The van der Waals surface area contributed by atoms with Crippen molar-refractivity contribution < 1.29 is 9.53 Å². The fourth-order valence-corrected chi connectivity index (χ4v) is 2.56. The number of halogens is 3. The smallest absolute Gasteiger partial charge is 0.262 e. The fourth-order valence-electron chi connectivity index (χ4n) is 1.96. The molecular weight excluding hydrogens is 359 g/mol. The summed E-state index contributed by atoms with van der Waals surface area (Å²) in [5, 5.41) is 3.73. The zero-order chi connectivity index (χ0) is 17.1. The molecule has 23 heavy (non-hydrogen) atoms. The first kappa shape index (κ1) is 17.9. The zero-order valence-corrected chi connectivity index (χ0v) is 15.1. The first-order chi connectivity index (χ1) is 10.8. The van der Waals surface area contributed by atoms with E-state index in [4.69, 9.17) is 39.5 Å². The number of hydrogen-bond donors (Lipinski definition) is 1. The number of carbonyl (C=O) groups excluding carboxylic acids is 1. The predicted molar refractivity (Wildman–Crippen MR) is 94.0 cm³/mol. The van der Waals surface area contributed by atoms with Crippen LogP contribution in [-0.2, 0) is 4.79 Å². The van der Waals surface area contributed by atoms with E-state index in [0.717, 1.165) is 5.56 Å². The average Bonchev–Trinajstić information content (AvgIpc) is 2.49. The van der Waals surface area contributed by atoms with Crippen molar-refractivity contribution in [3.63, 3.8) is 0 Å². The summed E-state index contributed by atoms with van der Waals surface area (Å²) < 4.78 is 5.47. The van der Waals surface area contributed by atoms with Crippen LogP contribution in [-0.4, -0.2) is 17.5 Å². The summed E-state index contributed by atoms with van der Waals surface area (Å²) in [5.41, 5.74) is 2.69. The molecule has 0 saturated heterocycles. The molecule has 0 atom stereocenters. The highest BCUT2D eigenvalue weighted by molar-refractivity contribution is 6.37. The standard InChI is InChI=1S/C16H15Cl3N2O2/c1-8-4-5-11(17)12(6-8)21-13(22)7-23-16-14(18)9(2)20-10(3)15(16)19/h4-6H,7H2,1-3H3,(H,21,22). The van der Waals surface area contributed by atoms with Crippen LogP contribution < -0.4 is 10.1 Å². The van der Waals surface area contributed by atoms with Gasteiger partial charge in [0.15, 0.2) is 12.4 Å². The summed E-state index contributed by atoms with van der Waals surface area (Å²) in [6, 6.07) is 5.36. The molecule has 0 bridgehead atoms. The van der Waals surface area contributed by atoms with E-state index in [-0.39, 0.29) is 18.3 Å². The maximum atomic E-state index is 12.0. The molecule has 0 aliphatic carbocycles. The third-order valence-corrected chi connectivity index (χ3v) is 4.33. The van der Waals surface area contributed by atoms with Crippen LogP contribution in [0.4, 0.5) is 5.69 Å². The molecule has 1 aromatic carbocycles. The van der Waals surface area contributed by atoms with Crippen LogP contribution in [0.15, 0.2) is 18.2 Å². The minimum atomic E-state index is -0.364. The third kappa shape index (κ3) is 4.28. The third-order valence-electron chi connectivity index (χ3n) is 3.11. The first-order valence-corrected chi connectivity index (χ1v) is 7.94. The number of pyridine rings is 1. The summed E-state index contributed by atoms with van der Waals surface area (Å²) in [7, 11) is 0. The molecule has 1 amide bonds. The second kappa shape index (κ2) is 7.39. The summed E-state index contributed by atoms with van der Waals surface area (Å²) >= 11 is 18.3. The molecule has 2 rings (SSSR count). The number of carbonyl (C=O) groups is 1. The van der Waals surface area contributed by atoms with Crippen molar-refractivity contribution in [2.45, 2.75) is 20.8 Å². The lowest BCUT2D eigenvalue weighted by Crippen LogP contribution is -2.20. The molecule has 1 heterocycles. The normalized spacial score (nSPS) is 10.5. The number of ether oxygens (including phenoxy) is 1. The number of aryl methyl sites for hydroxylation is 3. The molecule has 0 spiro atoms. The Balaban J connectivity index is 2.10. The summed E-state index contributed by atoms with van der Waals surface area (Å²) in [6.07, 6.45) is 0. The van der Waals surface area contributed by atoms with Gasteiger partial charge in [-0.15, -0.1) is 0 Å². The average molecular weight is 374 g/mol. The minimum absolute atomic E-state index is 0.243. The van der Waals surface area contributed by atoms with Crippen LogP contribution in [0, 0.1) is 20.8 Å². The minimum Gasteiger partial charge on any atom is -0.480 e. The maximum Gasteiger partial charge on any atom is 0.262 e. The van der Waals surface area contributed by atoms with Crippen LogP contribution in [0.3, 0.4) is 0 Å². The van der Waals surface area contributed by atoms with E-state index < -0.39 is 0 Å². The van der Waals surface area contributed by atoms with E-state index in [1.165, 1.54) is 0 Å². The molecule has 2 aromatic rings. The van der Waals surface area contributed by atoms with Gasteiger partial charge in [0.25, 0.3) is 5.91 Å². The fraction of sp³-hybridized carbons (Fsp3) is 0.250. The molecule has 122 valence electrons. The Morgan fingerprint density at radius 3 is 2.35 bits per heavy atom. The van der Waals surface area contributed by atoms with E-state index in [1.807, 2.05) is 13.0 Å². The van der Waals surface area contributed by atoms with Gasteiger partial charge in [0.1, 0.15) is 10.0 Å². The molecule has 0 unspecified atom stereocenters. The van der Waals surface area contributed by atoms with Gasteiger partial charge in [-0.05, 0) is 38.5 Å². The predicted octanol–water partition coefficient (Wildman–Crippen LogP) is 4.98. The van der Waals surface area contributed by atoms with Crippen molar-refractivity contribution in [3.05, 3.63) is 50.2 Å². The van der Waals surface area contributed by atoms with Gasteiger partial charge in [0.05, 0.1) is 22.1 Å². The molecular formula is C16H15Cl3N2O2. The van der Waals surface area contributed by atoms with Gasteiger partial charge in [-0.25, -0.2) is 0 Å². The lowest BCUT2D eigenvalue weighted by atomic mass is 10.2. The number of aromatic nitrogens is 1. The molecule has 4 nitrogen and oxygen atoms in total. The molecule has 0 fully saturated rings. The van der Waals surface area contributed by atoms with Gasteiger partial charge in [0, 0.05) is 0 Å². The molecule has 0 saturated carbocycles. The number of anilines is 1. The van der Waals surface area contributed by atoms with Gasteiger partial charge >= 0.3 is 0 Å². The lowest BCUT2D eigenvalue weighted by molar-refractivity contribution is -0.118. The summed E-state index contributed by atoms with van der Waals surface area (Å²) in [5.74, 6) is -0.111. The first-order valence-electron chi connectivity index (χ1n) is 6.80. The van der Waals surface area contributed by atoms with Gasteiger partial charge in [-0.3, -0.25) is 9.78 Å². The largest absolute Gasteiger partial charge is 0.480 e. The zero-order valence-electron chi connectivity index (χ0n) is 12.8. The van der Waals surface area contributed by atoms with E-state index in [9.17, 15) is 4.79 Å². The molecule has 0 radical (unpaired) electrons. The van der Waals surface area contributed by atoms with E-state index in [1.54, 1.807) is 26.0 Å². The number of amides is 1. The van der Waals surface area contributed by atoms with Crippen LogP contribution in [0.2, 0.25) is 15.1 Å². The van der Waals surface area contributed by atoms with E-state index in [0.29, 0.717) is 32.1 Å². The Labute approximate surface area is 149 Å². The number of hydrogen-bond acceptors (Lipinski definition) is 3. The van der Waals surface area contributed by atoms with Crippen molar-refractivity contribution in [1.29, 1.82) is 0 Å². The highest BCUT2D eigenvalue weighted by Gasteiger charge is 2.16. The van der Waals surface area contributed by atoms with Crippen molar-refractivity contribution in [1.82, 2.24) is 4.98 Å². The molecule has 1 N–H and O–H groups in total. The van der Waals surface area contributed by atoms with E-state index >= 15 is 0 Å². The highest BCUT2D eigenvalue weighted by Crippen LogP contribution is 2.36. The number of benzene rings is 1. The monoisotopic (exact) mass is 372 g/mol. The SMILES string of the molecule is Cc1ccc(Cl)c(NC(=O)COc2c(Cl)c(C)nc(C)c2Cl)c1. The van der Waals surface area contributed by atoms with Crippen molar-refractivity contribution in [2.24, 2.45) is 0 Å². The van der Waals surface area contributed by atoms with Gasteiger partial charge < -0.3 is 10.1 Å². The Kier molecular flexibility index (Phi) is 5.74. The van der Waals surface area contributed by atoms with E-state index in [2.05, 4.69) is 10.3 Å². The lowest BCUT2D eigenvalue weighted by Gasteiger charge is -2.13. The molecule has 1 aromatic heterocycles. The highest BCUT2D eigenvalue weighted by atomic mass is 35.5. The number of rotatable bonds is 4. The maximum absolute atomic E-state index is 12.0.